The molecule has 0 aliphatic rings. The van der Waals surface area contributed by atoms with Crippen molar-refractivity contribution in [3.8, 4) is 11.3 Å². The van der Waals surface area contributed by atoms with Crippen LogP contribution in [-0.2, 0) is 6.54 Å². The van der Waals surface area contributed by atoms with Crippen LogP contribution in [0.25, 0.3) is 31.7 Å². The highest BCUT2D eigenvalue weighted by Gasteiger charge is 2.15. The van der Waals surface area contributed by atoms with Gasteiger partial charge in [0.2, 0.25) is 0 Å². The maximum Gasteiger partial charge on any atom is 0.149 e. The minimum atomic E-state index is 0.690. The van der Waals surface area contributed by atoms with Crippen molar-refractivity contribution in [1.82, 2.24) is 25.1 Å². The first-order chi connectivity index (χ1) is 13.7. The van der Waals surface area contributed by atoms with Crippen LogP contribution in [-0.4, -0.2) is 25.1 Å². The molecule has 5 rings (SSSR count). The molecule has 5 aromatic rings. The summed E-state index contributed by atoms with van der Waals surface area (Å²) in [6, 6.07) is 12.6. The molecule has 2 N–H and O–H groups in total. The third-order valence-corrected chi connectivity index (χ3v) is 6.05. The summed E-state index contributed by atoms with van der Waals surface area (Å²) < 4.78 is 1.02. The van der Waals surface area contributed by atoms with Crippen LogP contribution in [0, 0.1) is 13.8 Å². The Hall–Kier alpha value is -3.32. The molecule has 0 bridgehead atoms. The summed E-state index contributed by atoms with van der Waals surface area (Å²) in [5, 5.41) is 13.1. The summed E-state index contributed by atoms with van der Waals surface area (Å²) in [5.74, 6) is 0.832. The number of hydrogen-bond acceptors (Lipinski definition) is 6. The van der Waals surface area contributed by atoms with Gasteiger partial charge >= 0.3 is 0 Å². The van der Waals surface area contributed by atoms with Gasteiger partial charge in [0.25, 0.3) is 0 Å². The molecule has 7 heteroatoms. The second kappa shape index (κ2) is 6.69. The number of nitrogens with zero attached hydrogens (tertiary/aromatic N) is 4. The van der Waals surface area contributed by atoms with E-state index in [0.717, 1.165) is 43.2 Å². The molecule has 0 saturated carbocycles. The van der Waals surface area contributed by atoms with Crippen molar-refractivity contribution in [1.29, 1.82) is 0 Å². The molecule has 1 aromatic carbocycles. The molecule has 0 saturated heterocycles. The highest BCUT2D eigenvalue weighted by molar-refractivity contribution is 7.25. The summed E-state index contributed by atoms with van der Waals surface area (Å²) in [6.07, 6.45) is 3.55. The van der Waals surface area contributed by atoms with Crippen LogP contribution in [0.4, 0.5) is 5.82 Å². The quantitative estimate of drug-likeness (QED) is 0.461. The second-order valence-corrected chi connectivity index (χ2v) is 7.73. The predicted octanol–water partition coefficient (Wildman–Crippen LogP) is 4.86. The SMILES string of the molecule is Cc1nnc2sc3c(NCc4ccc(-c5ccc[nH]5)cc4)ncnc3c2c1C. The third-order valence-electron chi connectivity index (χ3n) is 4.98. The number of aromatic nitrogens is 5. The Kier molecular flexibility index (Phi) is 4.02. The Bertz CT molecular complexity index is 1270. The molecule has 4 heterocycles. The molecule has 0 fully saturated rings. The van der Waals surface area contributed by atoms with Gasteiger partial charge in [0.15, 0.2) is 0 Å². The van der Waals surface area contributed by atoms with Crippen molar-refractivity contribution in [3.05, 3.63) is 65.7 Å². The number of hydrogen-bond donors (Lipinski definition) is 2. The average molecular weight is 386 g/mol. The Morgan fingerprint density at radius 2 is 1.89 bits per heavy atom. The molecular weight excluding hydrogens is 368 g/mol. The number of nitrogens with one attached hydrogen (secondary N) is 2. The Balaban J connectivity index is 1.45. The molecule has 138 valence electrons. The molecule has 0 radical (unpaired) electrons. The lowest BCUT2D eigenvalue weighted by atomic mass is 10.1. The molecule has 0 spiro atoms. The van der Waals surface area contributed by atoms with Gasteiger partial charge in [0.1, 0.15) is 17.0 Å². The Morgan fingerprint density at radius 1 is 1.04 bits per heavy atom. The molecule has 0 amide bonds. The van der Waals surface area contributed by atoms with Crippen LogP contribution in [0.1, 0.15) is 16.8 Å². The molecule has 0 aliphatic carbocycles. The van der Waals surface area contributed by atoms with E-state index < -0.39 is 0 Å². The van der Waals surface area contributed by atoms with E-state index in [0.29, 0.717) is 6.54 Å². The van der Waals surface area contributed by atoms with Gasteiger partial charge in [-0.2, -0.15) is 5.10 Å². The van der Waals surface area contributed by atoms with Crippen LogP contribution in [0.2, 0.25) is 0 Å². The number of thiophene rings is 1. The standard InChI is InChI=1S/C21H18N6S/c1-12-13(2)26-27-21-17(12)18-19(28-21)20(25-11-24-18)23-10-14-5-7-15(8-6-14)16-4-3-9-22-16/h3-9,11,22H,10H2,1-2H3,(H,23,24,25). The van der Waals surface area contributed by atoms with Gasteiger partial charge in [0.05, 0.1) is 15.9 Å². The van der Waals surface area contributed by atoms with E-state index in [9.17, 15) is 0 Å². The van der Waals surface area contributed by atoms with Crippen molar-refractivity contribution in [2.24, 2.45) is 0 Å². The summed E-state index contributed by atoms with van der Waals surface area (Å²) >= 11 is 1.58. The van der Waals surface area contributed by atoms with Gasteiger partial charge in [-0.15, -0.1) is 16.4 Å². The lowest BCUT2D eigenvalue weighted by Gasteiger charge is -2.07. The molecule has 28 heavy (non-hydrogen) atoms. The zero-order valence-corrected chi connectivity index (χ0v) is 16.3. The minimum Gasteiger partial charge on any atom is -0.365 e. The third kappa shape index (κ3) is 2.80. The summed E-state index contributed by atoms with van der Waals surface area (Å²) in [7, 11) is 0. The number of aromatic amines is 1. The lowest BCUT2D eigenvalue weighted by Crippen LogP contribution is -2.01. The number of rotatable bonds is 4. The van der Waals surface area contributed by atoms with Crippen molar-refractivity contribution in [3.63, 3.8) is 0 Å². The normalized spacial score (nSPS) is 11.4. The minimum absolute atomic E-state index is 0.690. The molecule has 6 nitrogen and oxygen atoms in total. The van der Waals surface area contributed by atoms with Crippen molar-refractivity contribution in [2.45, 2.75) is 20.4 Å². The van der Waals surface area contributed by atoms with Crippen molar-refractivity contribution >= 4 is 37.6 Å². The van der Waals surface area contributed by atoms with E-state index in [1.165, 1.54) is 11.1 Å². The number of benzene rings is 1. The zero-order chi connectivity index (χ0) is 19.1. The fourth-order valence-electron chi connectivity index (χ4n) is 3.31. The van der Waals surface area contributed by atoms with Gasteiger partial charge in [-0.1, -0.05) is 24.3 Å². The highest BCUT2D eigenvalue weighted by Crippen LogP contribution is 2.36. The summed E-state index contributed by atoms with van der Waals surface area (Å²) in [5.41, 5.74) is 6.48. The van der Waals surface area contributed by atoms with Crippen LogP contribution in [0.15, 0.2) is 48.9 Å². The first-order valence-corrected chi connectivity index (χ1v) is 9.86. The average Bonchev–Trinajstić information content (AvgIpc) is 3.38. The Labute approximate surface area is 165 Å². The van der Waals surface area contributed by atoms with Gasteiger partial charge in [-0.25, -0.2) is 9.97 Å². The molecule has 0 aliphatic heterocycles. The molecule has 4 aromatic heterocycles. The monoisotopic (exact) mass is 386 g/mol. The van der Waals surface area contributed by atoms with Crippen LogP contribution >= 0.6 is 11.3 Å². The first-order valence-electron chi connectivity index (χ1n) is 9.04. The highest BCUT2D eigenvalue weighted by atomic mass is 32.1. The Morgan fingerprint density at radius 3 is 2.68 bits per heavy atom. The number of aryl methyl sites for hydroxylation is 2. The zero-order valence-electron chi connectivity index (χ0n) is 15.5. The number of anilines is 1. The van der Waals surface area contributed by atoms with Crippen molar-refractivity contribution < 1.29 is 0 Å². The summed E-state index contributed by atoms with van der Waals surface area (Å²) in [6.45, 7) is 4.73. The van der Waals surface area contributed by atoms with Gasteiger partial charge in [-0.3, -0.25) is 0 Å². The van der Waals surface area contributed by atoms with Gasteiger partial charge in [0, 0.05) is 23.8 Å². The number of H-pyrrole nitrogens is 1. The van der Waals surface area contributed by atoms with E-state index in [1.807, 2.05) is 19.2 Å². The van der Waals surface area contributed by atoms with E-state index in [4.69, 9.17) is 0 Å². The van der Waals surface area contributed by atoms with Gasteiger partial charge < -0.3 is 10.3 Å². The van der Waals surface area contributed by atoms with E-state index >= 15 is 0 Å². The molecule has 0 atom stereocenters. The second-order valence-electron chi connectivity index (χ2n) is 6.73. The van der Waals surface area contributed by atoms with Crippen LogP contribution in [0.5, 0.6) is 0 Å². The van der Waals surface area contributed by atoms with Crippen molar-refractivity contribution in [2.75, 3.05) is 5.32 Å². The lowest BCUT2D eigenvalue weighted by molar-refractivity contribution is 1.01. The predicted molar refractivity (Wildman–Crippen MR) is 114 cm³/mol. The maximum absolute atomic E-state index is 4.52. The van der Waals surface area contributed by atoms with Crippen LogP contribution < -0.4 is 5.32 Å². The van der Waals surface area contributed by atoms with Crippen LogP contribution in [0.3, 0.4) is 0 Å². The van der Waals surface area contributed by atoms with E-state index in [2.05, 4.69) is 67.7 Å². The van der Waals surface area contributed by atoms with Gasteiger partial charge in [-0.05, 0) is 42.7 Å². The van der Waals surface area contributed by atoms with E-state index in [-0.39, 0.29) is 0 Å². The fourth-order valence-corrected chi connectivity index (χ4v) is 4.41. The topological polar surface area (TPSA) is 79.4 Å². The van der Waals surface area contributed by atoms with E-state index in [1.54, 1.807) is 17.7 Å². The fraction of sp³-hybridized carbons (Fsp3) is 0.143. The number of fused-ring (bicyclic) bond motifs is 3. The smallest absolute Gasteiger partial charge is 0.149 e. The summed E-state index contributed by atoms with van der Waals surface area (Å²) in [4.78, 5) is 13.1. The molecule has 0 unspecified atom stereocenters. The first kappa shape index (κ1) is 16.8. The largest absolute Gasteiger partial charge is 0.365 e. The molecular formula is C21H18N6S. The maximum atomic E-state index is 4.52.